The molecule has 1 amide bonds. The number of amides is 1. The maximum Gasteiger partial charge on any atom is 0.269 e. The van der Waals surface area contributed by atoms with Crippen molar-refractivity contribution >= 4 is 24.0 Å². The zero-order valence-corrected chi connectivity index (χ0v) is 9.96. The summed E-state index contributed by atoms with van der Waals surface area (Å²) >= 11 is 0. The third kappa shape index (κ3) is 3.10. The Morgan fingerprint density at radius 2 is 2.31 bits per heavy atom. The van der Waals surface area contributed by atoms with Gasteiger partial charge in [-0.2, -0.15) is 0 Å². The van der Waals surface area contributed by atoms with Crippen molar-refractivity contribution < 1.29 is 4.79 Å². The lowest BCUT2D eigenvalue weighted by atomic mass is 10.3. The Morgan fingerprint density at radius 1 is 1.62 bits per heavy atom. The van der Waals surface area contributed by atoms with E-state index in [4.69, 9.17) is 5.73 Å². The van der Waals surface area contributed by atoms with Gasteiger partial charge in [-0.25, -0.2) is 4.98 Å². The van der Waals surface area contributed by atoms with Gasteiger partial charge in [0.05, 0.1) is 11.9 Å². The quantitative estimate of drug-likeness (QED) is 0.842. The Bertz CT molecular complexity index is 366. The van der Waals surface area contributed by atoms with Crippen LogP contribution in [0.15, 0.2) is 18.3 Å². The minimum absolute atomic E-state index is 0. The maximum absolute atomic E-state index is 11.6. The standard InChI is InChI=1S/C11H15N3O.ClH/c1-7-4-8(7)5-14-11(15)10-3-2-9(12)6-13-10;/h2-3,6-8H,4-5,12H2,1H3,(H,14,15);1H. The third-order valence-electron chi connectivity index (χ3n) is 2.82. The van der Waals surface area contributed by atoms with Crippen LogP contribution < -0.4 is 11.1 Å². The fraction of sp³-hybridized carbons (Fsp3) is 0.455. The normalized spacial score (nSPS) is 22.1. The van der Waals surface area contributed by atoms with Crippen LogP contribution in [-0.2, 0) is 0 Å². The summed E-state index contributed by atoms with van der Waals surface area (Å²) in [4.78, 5) is 15.5. The molecule has 1 aliphatic carbocycles. The fourth-order valence-electron chi connectivity index (χ4n) is 1.54. The second-order valence-electron chi connectivity index (χ2n) is 4.16. The van der Waals surface area contributed by atoms with Crippen LogP contribution in [0.4, 0.5) is 5.69 Å². The van der Waals surface area contributed by atoms with Crippen LogP contribution in [-0.4, -0.2) is 17.4 Å². The Labute approximate surface area is 101 Å². The number of halogens is 1. The van der Waals surface area contributed by atoms with E-state index in [0.29, 0.717) is 17.3 Å². The number of carbonyl (C=O) groups excluding carboxylic acids is 1. The maximum atomic E-state index is 11.6. The second kappa shape index (κ2) is 5.16. The lowest BCUT2D eigenvalue weighted by Crippen LogP contribution is -2.26. The first-order valence-corrected chi connectivity index (χ1v) is 5.16. The van der Waals surface area contributed by atoms with E-state index >= 15 is 0 Å². The molecule has 0 bridgehead atoms. The van der Waals surface area contributed by atoms with Gasteiger partial charge in [0.2, 0.25) is 0 Å². The molecule has 1 aromatic heterocycles. The number of nitrogens with zero attached hydrogens (tertiary/aromatic N) is 1. The first-order chi connectivity index (χ1) is 7.16. The molecule has 16 heavy (non-hydrogen) atoms. The predicted octanol–water partition coefficient (Wildman–Crippen LogP) is 1.47. The lowest BCUT2D eigenvalue weighted by molar-refractivity contribution is 0.0946. The van der Waals surface area contributed by atoms with Crippen LogP contribution >= 0.6 is 12.4 Å². The van der Waals surface area contributed by atoms with Crippen LogP contribution in [0.1, 0.15) is 23.8 Å². The largest absolute Gasteiger partial charge is 0.397 e. The lowest BCUT2D eigenvalue weighted by Gasteiger charge is -2.03. The van der Waals surface area contributed by atoms with E-state index in [0.717, 1.165) is 12.5 Å². The summed E-state index contributed by atoms with van der Waals surface area (Å²) in [6.07, 6.45) is 2.71. The summed E-state index contributed by atoms with van der Waals surface area (Å²) in [5, 5.41) is 2.87. The summed E-state index contributed by atoms with van der Waals surface area (Å²) in [5.74, 6) is 1.29. The number of pyridine rings is 1. The molecule has 4 nitrogen and oxygen atoms in total. The van der Waals surface area contributed by atoms with Gasteiger partial charge in [0.15, 0.2) is 0 Å². The minimum Gasteiger partial charge on any atom is -0.397 e. The van der Waals surface area contributed by atoms with E-state index in [9.17, 15) is 4.79 Å². The number of rotatable bonds is 3. The van der Waals surface area contributed by atoms with Gasteiger partial charge in [-0.15, -0.1) is 12.4 Å². The van der Waals surface area contributed by atoms with E-state index in [2.05, 4.69) is 17.2 Å². The highest BCUT2D eigenvalue weighted by Gasteiger charge is 2.32. The smallest absolute Gasteiger partial charge is 0.269 e. The van der Waals surface area contributed by atoms with Crippen molar-refractivity contribution in [2.75, 3.05) is 12.3 Å². The van der Waals surface area contributed by atoms with Crippen LogP contribution in [0.3, 0.4) is 0 Å². The molecule has 0 aromatic carbocycles. The van der Waals surface area contributed by atoms with Gasteiger partial charge < -0.3 is 11.1 Å². The molecule has 1 fully saturated rings. The van der Waals surface area contributed by atoms with E-state index in [-0.39, 0.29) is 18.3 Å². The Kier molecular flexibility index (Phi) is 4.12. The molecular weight excluding hydrogens is 226 g/mol. The molecule has 1 aliphatic rings. The molecular formula is C11H16ClN3O. The minimum atomic E-state index is -0.117. The number of nitrogen functional groups attached to an aromatic ring is 1. The Balaban J connectivity index is 0.00000128. The highest BCUT2D eigenvalue weighted by atomic mass is 35.5. The average Bonchev–Trinajstić information content (AvgIpc) is 2.92. The number of nitrogens with two attached hydrogens (primary N) is 1. The van der Waals surface area contributed by atoms with Gasteiger partial charge in [-0.1, -0.05) is 6.92 Å². The van der Waals surface area contributed by atoms with Gasteiger partial charge in [0.1, 0.15) is 5.69 Å². The highest BCUT2D eigenvalue weighted by Crippen LogP contribution is 2.36. The first kappa shape index (κ1) is 12.8. The number of carbonyl (C=O) groups is 1. The SMILES string of the molecule is CC1CC1CNC(=O)c1ccc(N)cn1.Cl. The number of nitrogens with one attached hydrogen (secondary N) is 1. The molecule has 0 aliphatic heterocycles. The monoisotopic (exact) mass is 241 g/mol. The van der Waals surface area contributed by atoms with E-state index in [1.165, 1.54) is 12.6 Å². The van der Waals surface area contributed by atoms with Gasteiger partial charge in [-0.05, 0) is 30.4 Å². The molecule has 2 atom stereocenters. The van der Waals surface area contributed by atoms with Crippen molar-refractivity contribution in [3.8, 4) is 0 Å². The van der Waals surface area contributed by atoms with Crippen molar-refractivity contribution in [1.82, 2.24) is 10.3 Å². The number of hydrogen-bond acceptors (Lipinski definition) is 3. The van der Waals surface area contributed by atoms with Gasteiger partial charge >= 0.3 is 0 Å². The van der Waals surface area contributed by atoms with E-state index < -0.39 is 0 Å². The molecule has 1 heterocycles. The number of aromatic nitrogens is 1. The molecule has 0 saturated heterocycles. The Hall–Kier alpha value is -1.29. The van der Waals surface area contributed by atoms with Crippen LogP contribution in [0.2, 0.25) is 0 Å². The predicted molar refractivity (Wildman–Crippen MR) is 65.5 cm³/mol. The molecule has 1 aromatic rings. The van der Waals surface area contributed by atoms with Crippen molar-refractivity contribution in [2.45, 2.75) is 13.3 Å². The third-order valence-corrected chi connectivity index (χ3v) is 2.82. The van der Waals surface area contributed by atoms with E-state index in [1.54, 1.807) is 12.1 Å². The van der Waals surface area contributed by atoms with Gasteiger partial charge in [0, 0.05) is 6.54 Å². The summed E-state index contributed by atoms with van der Waals surface area (Å²) in [6.45, 7) is 2.95. The molecule has 0 radical (unpaired) electrons. The first-order valence-electron chi connectivity index (χ1n) is 5.16. The summed E-state index contributed by atoms with van der Waals surface area (Å²) in [7, 11) is 0. The molecule has 0 spiro atoms. The zero-order valence-electron chi connectivity index (χ0n) is 9.14. The molecule has 1 saturated carbocycles. The Morgan fingerprint density at radius 3 is 2.81 bits per heavy atom. The molecule has 3 N–H and O–H groups in total. The van der Waals surface area contributed by atoms with Crippen LogP contribution in [0.5, 0.6) is 0 Å². The molecule has 88 valence electrons. The van der Waals surface area contributed by atoms with Crippen LogP contribution in [0.25, 0.3) is 0 Å². The summed E-state index contributed by atoms with van der Waals surface area (Å²) in [5.41, 5.74) is 6.48. The molecule has 2 unspecified atom stereocenters. The topological polar surface area (TPSA) is 68.0 Å². The van der Waals surface area contributed by atoms with Crippen molar-refractivity contribution in [3.05, 3.63) is 24.0 Å². The van der Waals surface area contributed by atoms with Gasteiger partial charge in [0.25, 0.3) is 5.91 Å². The highest BCUT2D eigenvalue weighted by molar-refractivity contribution is 5.92. The van der Waals surface area contributed by atoms with Crippen molar-refractivity contribution in [1.29, 1.82) is 0 Å². The summed E-state index contributed by atoms with van der Waals surface area (Å²) < 4.78 is 0. The molecule has 2 rings (SSSR count). The number of anilines is 1. The number of hydrogen-bond donors (Lipinski definition) is 2. The average molecular weight is 242 g/mol. The van der Waals surface area contributed by atoms with Crippen molar-refractivity contribution in [3.63, 3.8) is 0 Å². The van der Waals surface area contributed by atoms with Gasteiger partial charge in [-0.3, -0.25) is 4.79 Å². The summed E-state index contributed by atoms with van der Waals surface area (Å²) in [6, 6.07) is 3.32. The fourth-order valence-corrected chi connectivity index (χ4v) is 1.54. The zero-order chi connectivity index (χ0) is 10.8. The second-order valence-corrected chi connectivity index (χ2v) is 4.16. The van der Waals surface area contributed by atoms with E-state index in [1.807, 2.05) is 0 Å². The van der Waals surface area contributed by atoms with Crippen LogP contribution in [0, 0.1) is 11.8 Å². The van der Waals surface area contributed by atoms with Crippen molar-refractivity contribution in [2.24, 2.45) is 11.8 Å². The molecule has 5 heteroatoms.